The van der Waals surface area contributed by atoms with E-state index < -0.39 is 0 Å². The summed E-state index contributed by atoms with van der Waals surface area (Å²) in [4.78, 5) is 25.1. The maximum Gasteiger partial charge on any atom is 0.340 e. The third kappa shape index (κ3) is 4.23. The minimum atomic E-state index is -0.384. The minimum Gasteiger partial charge on any atom is -0.425 e. The van der Waals surface area contributed by atoms with Crippen molar-refractivity contribution in [2.75, 3.05) is 0 Å². The first-order chi connectivity index (χ1) is 14.0. The fourth-order valence-electron chi connectivity index (χ4n) is 4.00. The van der Waals surface area contributed by atoms with Gasteiger partial charge in [0, 0.05) is 23.4 Å². The van der Waals surface area contributed by atoms with E-state index in [4.69, 9.17) is 20.8 Å². The zero-order chi connectivity index (χ0) is 20.4. The molecule has 1 heterocycles. The van der Waals surface area contributed by atoms with E-state index in [1.165, 1.54) is 0 Å². The number of carbonyl (C=O) groups is 1. The van der Waals surface area contributed by atoms with Crippen LogP contribution in [0.3, 0.4) is 0 Å². The zero-order valence-corrected chi connectivity index (χ0v) is 17.1. The molecule has 150 valence electrons. The molecule has 0 amide bonds. The minimum absolute atomic E-state index is 0.0856. The van der Waals surface area contributed by atoms with Gasteiger partial charge < -0.3 is 9.15 Å². The molecule has 4 rings (SSSR count). The fourth-order valence-corrected chi connectivity index (χ4v) is 4.20. The highest BCUT2D eigenvalue weighted by atomic mass is 35.5. The topological polar surface area (TPSA) is 56.5 Å². The lowest BCUT2D eigenvalue weighted by atomic mass is 9.89. The van der Waals surface area contributed by atoms with Crippen LogP contribution < -0.4 is 10.4 Å². The second kappa shape index (κ2) is 8.42. The Hall–Kier alpha value is -2.59. The molecule has 2 aromatic carbocycles. The van der Waals surface area contributed by atoms with Crippen molar-refractivity contribution in [2.45, 2.75) is 45.4 Å². The van der Waals surface area contributed by atoms with Gasteiger partial charge in [-0.2, -0.15) is 0 Å². The summed E-state index contributed by atoms with van der Waals surface area (Å²) in [5.74, 6) is -0.101. The van der Waals surface area contributed by atoms with Crippen LogP contribution in [0.2, 0.25) is 5.02 Å². The van der Waals surface area contributed by atoms with Crippen molar-refractivity contribution in [1.29, 1.82) is 0 Å². The maximum absolute atomic E-state index is 12.6. The number of hydrogen-bond donors (Lipinski definition) is 0. The Morgan fingerprint density at radius 2 is 1.86 bits per heavy atom. The summed E-state index contributed by atoms with van der Waals surface area (Å²) in [5.41, 5.74) is 2.45. The molecule has 0 unspecified atom stereocenters. The number of fused-ring (bicyclic) bond motifs is 1. The van der Waals surface area contributed by atoms with E-state index in [2.05, 4.69) is 0 Å². The Balaban J connectivity index is 1.66. The number of aryl methyl sites for hydroxylation is 1. The summed E-state index contributed by atoms with van der Waals surface area (Å²) in [7, 11) is 0. The van der Waals surface area contributed by atoms with E-state index in [0.717, 1.165) is 48.6 Å². The quantitative estimate of drug-likeness (QED) is 0.308. The molecule has 1 aromatic heterocycles. The molecule has 0 radical (unpaired) electrons. The van der Waals surface area contributed by atoms with Gasteiger partial charge in [-0.25, -0.2) is 4.79 Å². The van der Waals surface area contributed by atoms with E-state index in [1.54, 1.807) is 12.1 Å². The molecule has 0 N–H and O–H groups in total. The fraction of sp³-hybridized carbons (Fsp3) is 0.333. The third-order valence-corrected chi connectivity index (χ3v) is 6.01. The average Bonchev–Trinajstić information content (AvgIpc) is 2.74. The Morgan fingerprint density at radius 1 is 1.14 bits per heavy atom. The molecule has 0 bridgehead atoms. The molecule has 29 heavy (non-hydrogen) atoms. The maximum atomic E-state index is 12.6. The molecule has 1 aliphatic carbocycles. The summed E-state index contributed by atoms with van der Waals surface area (Å²) in [6.07, 6.45) is 5.44. The van der Waals surface area contributed by atoms with Gasteiger partial charge in [0.25, 0.3) is 0 Å². The van der Waals surface area contributed by atoms with Crippen LogP contribution >= 0.6 is 11.6 Å². The lowest BCUT2D eigenvalue weighted by Gasteiger charge is -2.20. The monoisotopic (exact) mass is 410 g/mol. The van der Waals surface area contributed by atoms with Crippen LogP contribution in [0.1, 0.15) is 48.8 Å². The van der Waals surface area contributed by atoms with E-state index in [9.17, 15) is 9.59 Å². The lowest BCUT2D eigenvalue weighted by Crippen LogP contribution is -2.22. The number of halogens is 1. The second-order valence-electron chi connectivity index (χ2n) is 7.69. The van der Waals surface area contributed by atoms with E-state index in [-0.39, 0.29) is 23.3 Å². The molecule has 1 aliphatic rings. The summed E-state index contributed by atoms with van der Waals surface area (Å²) in [6, 6.07) is 13.0. The number of benzene rings is 2. The van der Waals surface area contributed by atoms with Crippen LogP contribution in [0.5, 0.6) is 5.75 Å². The highest BCUT2D eigenvalue weighted by molar-refractivity contribution is 6.33. The van der Waals surface area contributed by atoms with Crippen LogP contribution in [0.15, 0.2) is 51.7 Å². The first-order valence-corrected chi connectivity index (χ1v) is 10.4. The molecule has 0 atom stereocenters. The number of ether oxygens (including phenoxy) is 1. The normalized spacial score (nSPS) is 14.8. The highest BCUT2D eigenvalue weighted by Gasteiger charge is 2.24. The van der Waals surface area contributed by atoms with Gasteiger partial charge >= 0.3 is 11.6 Å². The van der Waals surface area contributed by atoms with Crippen molar-refractivity contribution >= 4 is 28.5 Å². The second-order valence-corrected chi connectivity index (χ2v) is 8.10. The van der Waals surface area contributed by atoms with Crippen molar-refractivity contribution in [3.05, 3.63) is 74.6 Å². The summed E-state index contributed by atoms with van der Waals surface area (Å²) < 4.78 is 11.1. The summed E-state index contributed by atoms with van der Waals surface area (Å²) in [6.45, 7) is 1.89. The Labute approximate surface area is 174 Å². The van der Waals surface area contributed by atoms with Crippen LogP contribution in [0, 0.1) is 12.8 Å². The van der Waals surface area contributed by atoms with Crippen LogP contribution in [0.25, 0.3) is 11.0 Å². The molecule has 0 aliphatic heterocycles. The molecular weight excluding hydrogens is 388 g/mol. The Morgan fingerprint density at radius 3 is 2.59 bits per heavy atom. The van der Waals surface area contributed by atoms with Gasteiger partial charge in [0.05, 0.1) is 10.9 Å². The van der Waals surface area contributed by atoms with Crippen LogP contribution in [0.4, 0.5) is 0 Å². The van der Waals surface area contributed by atoms with Gasteiger partial charge in [-0.05, 0) is 37.0 Å². The zero-order valence-electron chi connectivity index (χ0n) is 16.4. The highest BCUT2D eigenvalue weighted by Crippen LogP contribution is 2.34. The van der Waals surface area contributed by atoms with Gasteiger partial charge in [-0.15, -0.1) is 0 Å². The first kappa shape index (κ1) is 19.7. The number of carbonyl (C=O) groups excluding carboxylic acids is 1. The molecule has 1 saturated carbocycles. The SMILES string of the molecule is Cc1c(Cc2ccccc2)c(=O)oc2cc(OC(=O)C3CCCCC3)c(Cl)cc12. The van der Waals surface area contributed by atoms with Crippen molar-refractivity contribution in [3.8, 4) is 5.75 Å². The van der Waals surface area contributed by atoms with Gasteiger partial charge in [0.1, 0.15) is 5.58 Å². The van der Waals surface area contributed by atoms with Crippen molar-refractivity contribution in [1.82, 2.24) is 0 Å². The molecule has 5 heteroatoms. The first-order valence-electron chi connectivity index (χ1n) is 10.0. The van der Waals surface area contributed by atoms with Gasteiger partial charge in [0.2, 0.25) is 0 Å². The number of rotatable bonds is 4. The van der Waals surface area contributed by atoms with Crippen molar-refractivity contribution in [3.63, 3.8) is 0 Å². The smallest absolute Gasteiger partial charge is 0.340 e. The summed E-state index contributed by atoms with van der Waals surface area (Å²) in [5, 5.41) is 1.09. The van der Waals surface area contributed by atoms with Gasteiger partial charge in [-0.1, -0.05) is 61.2 Å². The lowest BCUT2D eigenvalue weighted by molar-refractivity contribution is -0.139. The molecule has 0 saturated heterocycles. The van der Waals surface area contributed by atoms with Crippen molar-refractivity contribution in [2.24, 2.45) is 5.92 Å². The van der Waals surface area contributed by atoms with E-state index in [0.29, 0.717) is 22.6 Å². The predicted octanol–water partition coefficient (Wildman–Crippen LogP) is 5.83. The summed E-state index contributed by atoms with van der Waals surface area (Å²) >= 11 is 6.41. The van der Waals surface area contributed by atoms with Crippen LogP contribution in [-0.4, -0.2) is 5.97 Å². The Bertz CT molecular complexity index is 1100. The molecule has 0 spiro atoms. The third-order valence-electron chi connectivity index (χ3n) is 5.71. The Kier molecular flexibility index (Phi) is 5.72. The van der Waals surface area contributed by atoms with Gasteiger partial charge in [-0.3, -0.25) is 4.79 Å². The molecule has 1 fully saturated rings. The number of esters is 1. The van der Waals surface area contributed by atoms with E-state index >= 15 is 0 Å². The van der Waals surface area contributed by atoms with Crippen molar-refractivity contribution < 1.29 is 13.9 Å². The van der Waals surface area contributed by atoms with Gasteiger partial charge in [0.15, 0.2) is 5.75 Å². The molecular formula is C24H23ClO4. The predicted molar refractivity (Wildman–Crippen MR) is 114 cm³/mol. The largest absolute Gasteiger partial charge is 0.425 e. The number of hydrogen-bond acceptors (Lipinski definition) is 4. The van der Waals surface area contributed by atoms with E-state index in [1.807, 2.05) is 37.3 Å². The molecule has 4 nitrogen and oxygen atoms in total. The average molecular weight is 411 g/mol. The molecule has 3 aromatic rings. The standard InChI is InChI=1S/C24H23ClO4/c1-15-18-13-20(25)22(29-23(26)17-10-6-3-7-11-17)14-21(18)28-24(27)19(15)12-16-8-4-2-5-9-16/h2,4-5,8-9,13-14,17H,3,6-7,10-12H2,1H3. The van der Waals surface area contributed by atoms with Crippen LogP contribution in [-0.2, 0) is 11.2 Å².